The summed E-state index contributed by atoms with van der Waals surface area (Å²) in [5.74, 6) is -0.179. The largest absolute Gasteiger partial charge is 0.444 e. The van der Waals surface area contributed by atoms with Crippen molar-refractivity contribution in [3.8, 4) is 0 Å². The fourth-order valence-corrected chi connectivity index (χ4v) is 1.70. The fourth-order valence-electron chi connectivity index (χ4n) is 1.70. The van der Waals surface area contributed by atoms with Gasteiger partial charge in [0.15, 0.2) is 0 Å². The Morgan fingerprint density at radius 2 is 1.68 bits per heavy atom. The lowest BCUT2D eigenvalue weighted by molar-refractivity contribution is 0.0400. The minimum atomic E-state index is -0.509. The van der Waals surface area contributed by atoms with Gasteiger partial charge in [-0.1, -0.05) is 0 Å². The van der Waals surface area contributed by atoms with E-state index >= 15 is 0 Å². The van der Waals surface area contributed by atoms with Gasteiger partial charge in [-0.2, -0.15) is 0 Å². The summed E-state index contributed by atoms with van der Waals surface area (Å²) in [5, 5.41) is 5.33. The van der Waals surface area contributed by atoms with Crippen LogP contribution in [0.25, 0.3) is 0 Å². The van der Waals surface area contributed by atoms with Crippen molar-refractivity contribution in [3.63, 3.8) is 0 Å². The first-order valence-electron chi connectivity index (χ1n) is 8.19. The number of pyridine rings is 1. The maximum Gasteiger partial charge on any atom is 0.407 e. The number of alkyl carbamates (subject to hydrolysis) is 1. The summed E-state index contributed by atoms with van der Waals surface area (Å²) in [5.41, 5.74) is 0.00826. The summed E-state index contributed by atoms with van der Waals surface area (Å²) in [7, 11) is 0. The molecule has 25 heavy (non-hydrogen) atoms. The fraction of sp³-hybridized carbons (Fsp3) is 0.588. The van der Waals surface area contributed by atoms with E-state index in [4.69, 9.17) is 14.2 Å². The highest BCUT2D eigenvalue weighted by molar-refractivity contribution is 5.93. The number of rotatable bonds is 10. The molecular weight excluding hydrogens is 326 g/mol. The number of ether oxygens (including phenoxy) is 3. The van der Waals surface area contributed by atoms with E-state index in [0.29, 0.717) is 45.1 Å². The van der Waals surface area contributed by atoms with Gasteiger partial charge in [0.25, 0.3) is 5.91 Å². The highest BCUT2D eigenvalue weighted by Crippen LogP contribution is 2.06. The molecule has 0 bridgehead atoms. The third-order valence-corrected chi connectivity index (χ3v) is 2.74. The van der Waals surface area contributed by atoms with E-state index in [9.17, 15) is 9.59 Å². The topological polar surface area (TPSA) is 98.8 Å². The van der Waals surface area contributed by atoms with Gasteiger partial charge in [-0.25, -0.2) is 4.79 Å². The number of aromatic nitrogens is 1. The highest BCUT2D eigenvalue weighted by Gasteiger charge is 2.15. The van der Waals surface area contributed by atoms with Gasteiger partial charge < -0.3 is 24.8 Å². The van der Waals surface area contributed by atoms with Crippen LogP contribution in [0.2, 0.25) is 0 Å². The van der Waals surface area contributed by atoms with E-state index in [2.05, 4.69) is 15.6 Å². The molecule has 0 fully saturated rings. The lowest BCUT2D eigenvalue weighted by Crippen LogP contribution is -2.34. The number of carbonyl (C=O) groups is 2. The van der Waals surface area contributed by atoms with Crippen LogP contribution in [0.15, 0.2) is 24.5 Å². The Kier molecular flexibility index (Phi) is 9.49. The minimum absolute atomic E-state index is 0.179. The highest BCUT2D eigenvalue weighted by atomic mass is 16.6. The van der Waals surface area contributed by atoms with Gasteiger partial charge in [-0.3, -0.25) is 9.78 Å². The summed E-state index contributed by atoms with van der Waals surface area (Å²) in [4.78, 5) is 27.0. The summed E-state index contributed by atoms with van der Waals surface area (Å²) in [6.45, 7) is 7.79. The lowest BCUT2D eigenvalue weighted by Gasteiger charge is -2.19. The van der Waals surface area contributed by atoms with Crippen LogP contribution in [0.3, 0.4) is 0 Å². The Bertz CT molecular complexity index is 517. The second-order valence-corrected chi connectivity index (χ2v) is 6.15. The number of amides is 2. The van der Waals surface area contributed by atoms with Crippen LogP contribution in [0.4, 0.5) is 4.79 Å². The van der Waals surface area contributed by atoms with Crippen LogP contribution < -0.4 is 10.6 Å². The van der Waals surface area contributed by atoms with Crippen molar-refractivity contribution >= 4 is 12.0 Å². The van der Waals surface area contributed by atoms with Crippen molar-refractivity contribution in [2.45, 2.75) is 26.4 Å². The van der Waals surface area contributed by atoms with Crippen molar-refractivity contribution in [2.24, 2.45) is 0 Å². The number of nitrogens with zero attached hydrogens (tertiary/aromatic N) is 1. The molecule has 0 atom stereocenters. The van der Waals surface area contributed by atoms with Gasteiger partial charge in [0, 0.05) is 25.5 Å². The van der Waals surface area contributed by atoms with E-state index in [1.807, 2.05) is 0 Å². The molecule has 0 aliphatic rings. The van der Waals surface area contributed by atoms with Crippen molar-refractivity contribution < 1.29 is 23.8 Å². The second kappa shape index (κ2) is 11.4. The van der Waals surface area contributed by atoms with E-state index in [0.717, 1.165) is 0 Å². The quantitative estimate of drug-likeness (QED) is 0.617. The Hall–Kier alpha value is -2.19. The Labute approximate surface area is 148 Å². The predicted molar refractivity (Wildman–Crippen MR) is 92.4 cm³/mol. The van der Waals surface area contributed by atoms with E-state index in [-0.39, 0.29) is 5.91 Å². The van der Waals surface area contributed by atoms with Crippen LogP contribution in [0.5, 0.6) is 0 Å². The molecule has 1 aromatic heterocycles. The molecule has 0 aromatic carbocycles. The lowest BCUT2D eigenvalue weighted by atomic mass is 10.2. The first-order valence-corrected chi connectivity index (χ1v) is 8.19. The molecule has 8 nitrogen and oxygen atoms in total. The summed E-state index contributed by atoms with van der Waals surface area (Å²) >= 11 is 0. The number of nitrogens with one attached hydrogen (secondary N) is 2. The third kappa shape index (κ3) is 11.1. The molecule has 1 heterocycles. The smallest absolute Gasteiger partial charge is 0.407 e. The van der Waals surface area contributed by atoms with Crippen LogP contribution in [-0.2, 0) is 14.2 Å². The van der Waals surface area contributed by atoms with Crippen molar-refractivity contribution in [3.05, 3.63) is 30.1 Å². The third-order valence-electron chi connectivity index (χ3n) is 2.74. The standard InChI is InChI=1S/C17H27N3O5/c1-17(2,3)25-16(22)20-8-10-24-12-11-23-9-7-19-15(21)14-5-4-6-18-13-14/h4-6,13H,7-12H2,1-3H3,(H,19,21)(H,20,22). The Balaban J connectivity index is 1.91. The van der Waals surface area contributed by atoms with Crippen LogP contribution in [-0.4, -0.2) is 62.1 Å². The van der Waals surface area contributed by atoms with Crippen LogP contribution in [0.1, 0.15) is 31.1 Å². The SMILES string of the molecule is CC(C)(C)OC(=O)NCCOCCOCCNC(=O)c1cccnc1. The van der Waals surface area contributed by atoms with Gasteiger partial charge in [-0.05, 0) is 32.9 Å². The number of hydrogen-bond donors (Lipinski definition) is 2. The molecule has 0 saturated heterocycles. The zero-order valence-corrected chi connectivity index (χ0v) is 15.0. The minimum Gasteiger partial charge on any atom is -0.444 e. The average molecular weight is 353 g/mol. The summed E-state index contributed by atoms with van der Waals surface area (Å²) in [6.07, 6.45) is 2.66. The number of carbonyl (C=O) groups excluding carboxylic acids is 2. The monoisotopic (exact) mass is 353 g/mol. The predicted octanol–water partition coefficient (Wildman–Crippen LogP) is 1.37. The molecule has 1 aromatic rings. The van der Waals surface area contributed by atoms with Crippen LogP contribution >= 0.6 is 0 Å². The maximum absolute atomic E-state index is 11.7. The first-order chi connectivity index (χ1) is 11.9. The zero-order chi connectivity index (χ0) is 18.5. The van der Waals surface area contributed by atoms with E-state index < -0.39 is 11.7 Å². The average Bonchev–Trinajstić information content (AvgIpc) is 2.55. The molecule has 0 unspecified atom stereocenters. The van der Waals surface area contributed by atoms with Crippen molar-refractivity contribution in [1.82, 2.24) is 15.6 Å². The molecule has 0 aliphatic carbocycles. The first kappa shape index (κ1) is 20.9. The van der Waals surface area contributed by atoms with E-state index in [1.165, 1.54) is 6.20 Å². The van der Waals surface area contributed by atoms with Gasteiger partial charge >= 0.3 is 6.09 Å². The van der Waals surface area contributed by atoms with Gasteiger partial charge in [0.1, 0.15) is 5.60 Å². The molecule has 8 heteroatoms. The van der Waals surface area contributed by atoms with Crippen molar-refractivity contribution in [2.75, 3.05) is 39.5 Å². The van der Waals surface area contributed by atoms with Crippen molar-refractivity contribution in [1.29, 1.82) is 0 Å². The van der Waals surface area contributed by atoms with Gasteiger partial charge in [-0.15, -0.1) is 0 Å². The zero-order valence-electron chi connectivity index (χ0n) is 15.0. The maximum atomic E-state index is 11.7. The van der Waals surface area contributed by atoms with E-state index in [1.54, 1.807) is 39.1 Å². The van der Waals surface area contributed by atoms with Crippen LogP contribution in [0, 0.1) is 0 Å². The van der Waals surface area contributed by atoms with Gasteiger partial charge in [0.2, 0.25) is 0 Å². The molecular formula is C17H27N3O5. The summed E-state index contributed by atoms with van der Waals surface area (Å²) in [6, 6.07) is 3.41. The molecule has 140 valence electrons. The number of hydrogen-bond acceptors (Lipinski definition) is 6. The molecule has 0 aliphatic heterocycles. The molecule has 0 spiro atoms. The molecule has 2 amide bonds. The molecule has 0 radical (unpaired) electrons. The normalized spacial score (nSPS) is 11.0. The molecule has 2 N–H and O–H groups in total. The Morgan fingerprint density at radius 3 is 2.24 bits per heavy atom. The molecule has 0 saturated carbocycles. The van der Waals surface area contributed by atoms with Gasteiger partial charge in [0.05, 0.1) is 32.0 Å². The Morgan fingerprint density at radius 1 is 1.04 bits per heavy atom. The second-order valence-electron chi connectivity index (χ2n) is 6.15. The molecule has 1 rings (SSSR count). The summed E-state index contributed by atoms with van der Waals surface area (Å²) < 4.78 is 15.8.